The van der Waals surface area contributed by atoms with Gasteiger partial charge in [0.1, 0.15) is 0 Å². The average molecular weight is 347 g/mol. The van der Waals surface area contributed by atoms with E-state index in [-0.39, 0.29) is 11.8 Å². The Balaban J connectivity index is 1.77. The summed E-state index contributed by atoms with van der Waals surface area (Å²) in [6.45, 7) is 3.38. The van der Waals surface area contributed by atoms with Gasteiger partial charge in [0.15, 0.2) is 0 Å². The van der Waals surface area contributed by atoms with Crippen molar-refractivity contribution in [2.75, 3.05) is 46.4 Å². The largest absolute Gasteiger partial charge is 0.385 e. The minimum Gasteiger partial charge on any atom is -0.385 e. The van der Waals surface area contributed by atoms with Crippen molar-refractivity contribution in [1.29, 1.82) is 0 Å². The van der Waals surface area contributed by atoms with E-state index >= 15 is 0 Å². The Morgan fingerprint density at radius 2 is 1.70 bits per heavy atom. The molecule has 0 saturated carbocycles. The quantitative estimate of drug-likeness (QED) is 0.684. The van der Waals surface area contributed by atoms with Gasteiger partial charge in [0.25, 0.3) is 10.2 Å². The van der Waals surface area contributed by atoms with Crippen LogP contribution in [0.15, 0.2) is 0 Å². The molecule has 7 nitrogen and oxygen atoms in total. The molecule has 23 heavy (non-hydrogen) atoms. The normalized spacial score (nSPS) is 22.1. The van der Waals surface area contributed by atoms with E-state index in [0.29, 0.717) is 52.2 Å². The Hall–Kier alpha value is -0.700. The fourth-order valence-electron chi connectivity index (χ4n) is 3.18. The van der Waals surface area contributed by atoms with Crippen molar-refractivity contribution in [2.45, 2.75) is 38.5 Å². The summed E-state index contributed by atoms with van der Waals surface area (Å²) in [5, 5.41) is 2.91. The van der Waals surface area contributed by atoms with Crippen LogP contribution in [0.25, 0.3) is 0 Å². The molecule has 0 aromatic rings. The maximum absolute atomic E-state index is 12.6. The fourth-order valence-corrected chi connectivity index (χ4v) is 4.90. The number of hydrogen-bond acceptors (Lipinski definition) is 4. The Morgan fingerprint density at radius 1 is 1.09 bits per heavy atom. The van der Waals surface area contributed by atoms with E-state index in [9.17, 15) is 13.2 Å². The van der Waals surface area contributed by atoms with Crippen molar-refractivity contribution in [1.82, 2.24) is 13.9 Å². The zero-order chi connectivity index (χ0) is 16.7. The molecule has 0 atom stereocenters. The molecule has 0 bridgehead atoms. The van der Waals surface area contributed by atoms with Crippen LogP contribution < -0.4 is 5.32 Å². The second-order valence-electron chi connectivity index (χ2n) is 6.28. The van der Waals surface area contributed by atoms with Gasteiger partial charge in [-0.1, -0.05) is 6.42 Å². The number of ether oxygens (including phenoxy) is 1. The van der Waals surface area contributed by atoms with Gasteiger partial charge in [0.05, 0.1) is 0 Å². The second-order valence-corrected chi connectivity index (χ2v) is 8.21. The lowest BCUT2D eigenvalue weighted by Crippen LogP contribution is -2.50. The maximum Gasteiger partial charge on any atom is 0.281 e. The van der Waals surface area contributed by atoms with E-state index in [1.165, 1.54) is 0 Å². The first-order valence-corrected chi connectivity index (χ1v) is 9.97. The zero-order valence-corrected chi connectivity index (χ0v) is 14.8. The predicted molar refractivity (Wildman–Crippen MR) is 88.1 cm³/mol. The topological polar surface area (TPSA) is 79.0 Å². The Labute approximate surface area is 139 Å². The van der Waals surface area contributed by atoms with Gasteiger partial charge in [-0.05, 0) is 32.1 Å². The fraction of sp³-hybridized carbons (Fsp3) is 0.933. The number of nitrogens with zero attached hydrogens (tertiary/aromatic N) is 2. The van der Waals surface area contributed by atoms with Gasteiger partial charge in [-0.25, -0.2) is 0 Å². The number of piperidine rings is 2. The number of methoxy groups -OCH3 is 1. The molecule has 1 N–H and O–H groups in total. The lowest BCUT2D eigenvalue weighted by molar-refractivity contribution is -0.126. The van der Waals surface area contributed by atoms with Crippen LogP contribution in [-0.4, -0.2) is 69.4 Å². The van der Waals surface area contributed by atoms with Crippen molar-refractivity contribution in [2.24, 2.45) is 5.92 Å². The molecule has 134 valence electrons. The minimum absolute atomic E-state index is 0.0381. The van der Waals surface area contributed by atoms with Crippen molar-refractivity contribution < 1.29 is 17.9 Å². The molecule has 0 aromatic heterocycles. The summed E-state index contributed by atoms with van der Waals surface area (Å²) in [6, 6.07) is 0. The van der Waals surface area contributed by atoms with Crippen LogP contribution in [0.5, 0.6) is 0 Å². The van der Waals surface area contributed by atoms with E-state index in [0.717, 1.165) is 25.7 Å². The Morgan fingerprint density at radius 3 is 2.30 bits per heavy atom. The van der Waals surface area contributed by atoms with Crippen LogP contribution in [0.4, 0.5) is 0 Å². The first kappa shape index (κ1) is 18.6. The molecular formula is C15H29N3O4S. The van der Waals surface area contributed by atoms with Crippen LogP contribution in [0.1, 0.15) is 38.5 Å². The van der Waals surface area contributed by atoms with Gasteiger partial charge in [0, 0.05) is 52.4 Å². The van der Waals surface area contributed by atoms with Gasteiger partial charge in [-0.2, -0.15) is 17.0 Å². The molecule has 2 fully saturated rings. The van der Waals surface area contributed by atoms with Gasteiger partial charge in [-0.15, -0.1) is 0 Å². The van der Waals surface area contributed by atoms with E-state index in [1.807, 2.05) is 0 Å². The zero-order valence-electron chi connectivity index (χ0n) is 14.0. The van der Waals surface area contributed by atoms with Crippen LogP contribution in [0.2, 0.25) is 0 Å². The first-order chi connectivity index (χ1) is 11.1. The molecule has 0 spiro atoms. The molecule has 0 aromatic carbocycles. The van der Waals surface area contributed by atoms with Crippen LogP contribution >= 0.6 is 0 Å². The van der Waals surface area contributed by atoms with Crippen molar-refractivity contribution >= 4 is 16.1 Å². The number of hydrogen-bond donors (Lipinski definition) is 1. The first-order valence-electron chi connectivity index (χ1n) is 8.57. The number of amides is 1. The highest BCUT2D eigenvalue weighted by Gasteiger charge is 2.35. The molecule has 2 saturated heterocycles. The van der Waals surface area contributed by atoms with Crippen LogP contribution in [-0.2, 0) is 19.7 Å². The van der Waals surface area contributed by atoms with E-state index in [4.69, 9.17) is 4.74 Å². The highest BCUT2D eigenvalue weighted by atomic mass is 32.2. The number of nitrogens with one attached hydrogen (secondary N) is 1. The number of carbonyl (C=O) groups excluding carboxylic acids is 1. The monoisotopic (exact) mass is 347 g/mol. The van der Waals surface area contributed by atoms with Crippen molar-refractivity contribution in [3.8, 4) is 0 Å². The lowest BCUT2D eigenvalue weighted by atomic mass is 9.97. The summed E-state index contributed by atoms with van der Waals surface area (Å²) in [6.07, 6.45) is 4.99. The summed E-state index contributed by atoms with van der Waals surface area (Å²) in [5.41, 5.74) is 0. The summed E-state index contributed by atoms with van der Waals surface area (Å²) >= 11 is 0. The van der Waals surface area contributed by atoms with Crippen LogP contribution in [0, 0.1) is 5.92 Å². The molecule has 2 rings (SSSR count). The molecule has 2 aliphatic rings. The second kappa shape index (κ2) is 8.96. The summed E-state index contributed by atoms with van der Waals surface area (Å²) in [4.78, 5) is 12.1. The molecule has 0 radical (unpaired) electrons. The third-order valence-corrected chi connectivity index (χ3v) is 6.65. The third-order valence-electron chi connectivity index (χ3n) is 4.62. The number of carbonyl (C=O) groups is 1. The highest BCUT2D eigenvalue weighted by Crippen LogP contribution is 2.23. The summed E-state index contributed by atoms with van der Waals surface area (Å²) in [5.74, 6) is -0.0403. The smallest absolute Gasteiger partial charge is 0.281 e. The molecular weight excluding hydrogens is 318 g/mol. The highest BCUT2D eigenvalue weighted by molar-refractivity contribution is 7.86. The SMILES string of the molecule is COCCCNC(=O)C1CCN(S(=O)(=O)N2CCCCC2)CC1. The standard InChI is InChI=1S/C15H29N3O4S/c1-22-13-5-8-16-15(19)14-6-11-18(12-7-14)23(20,21)17-9-3-2-4-10-17/h14H,2-13H2,1H3,(H,16,19). The lowest BCUT2D eigenvalue weighted by Gasteiger charge is -2.35. The third kappa shape index (κ3) is 5.14. The molecule has 8 heteroatoms. The maximum atomic E-state index is 12.6. The Bertz CT molecular complexity index is 469. The van der Waals surface area contributed by atoms with E-state index in [1.54, 1.807) is 15.7 Å². The van der Waals surface area contributed by atoms with Crippen molar-refractivity contribution in [3.63, 3.8) is 0 Å². The van der Waals surface area contributed by atoms with Gasteiger partial charge < -0.3 is 10.1 Å². The molecule has 2 aliphatic heterocycles. The number of rotatable bonds is 7. The minimum atomic E-state index is -3.34. The summed E-state index contributed by atoms with van der Waals surface area (Å²) in [7, 11) is -1.70. The van der Waals surface area contributed by atoms with E-state index < -0.39 is 10.2 Å². The molecule has 2 heterocycles. The molecule has 1 amide bonds. The summed E-state index contributed by atoms with van der Waals surface area (Å²) < 4.78 is 33.3. The molecule has 0 aliphatic carbocycles. The van der Waals surface area contributed by atoms with Crippen LogP contribution in [0.3, 0.4) is 0 Å². The average Bonchev–Trinajstić information content (AvgIpc) is 2.59. The van der Waals surface area contributed by atoms with Gasteiger partial charge in [0.2, 0.25) is 5.91 Å². The van der Waals surface area contributed by atoms with E-state index in [2.05, 4.69) is 5.32 Å². The Kier molecular flexibility index (Phi) is 7.26. The van der Waals surface area contributed by atoms with Gasteiger partial charge in [-0.3, -0.25) is 4.79 Å². The molecule has 0 unspecified atom stereocenters. The predicted octanol–water partition coefficient (Wildman–Crippen LogP) is 0.582. The van der Waals surface area contributed by atoms with Crippen molar-refractivity contribution in [3.05, 3.63) is 0 Å². The van der Waals surface area contributed by atoms with Gasteiger partial charge >= 0.3 is 0 Å².